The maximum Gasteiger partial charge on any atom is 0.271 e. The number of carbonyl (C=O) groups is 1. The first-order chi connectivity index (χ1) is 11.9. The molecule has 1 aliphatic heterocycles. The Balaban J connectivity index is 1.63. The topological polar surface area (TPSA) is 121 Å². The maximum atomic E-state index is 12.8. The van der Waals surface area contributed by atoms with Crippen LogP contribution in [-0.4, -0.2) is 57.9 Å². The van der Waals surface area contributed by atoms with Gasteiger partial charge in [-0.3, -0.25) is 14.9 Å². The number of hydrogen-bond acceptors (Lipinski definition) is 6. The van der Waals surface area contributed by atoms with Gasteiger partial charge >= 0.3 is 0 Å². The summed E-state index contributed by atoms with van der Waals surface area (Å²) >= 11 is 0. The second-order valence-electron chi connectivity index (χ2n) is 6.01. The van der Waals surface area contributed by atoms with Gasteiger partial charge in [-0.05, 0) is 26.7 Å². The second-order valence-corrected chi connectivity index (χ2v) is 7.88. The van der Waals surface area contributed by atoms with Gasteiger partial charge in [-0.1, -0.05) is 0 Å². The van der Waals surface area contributed by atoms with Crippen molar-refractivity contribution in [3.8, 4) is 0 Å². The second kappa shape index (κ2) is 6.89. The number of nitrogens with one attached hydrogen (secondary N) is 2. The van der Waals surface area contributed by atoms with Crippen molar-refractivity contribution in [3.63, 3.8) is 0 Å². The van der Waals surface area contributed by atoms with Gasteiger partial charge in [0.15, 0.2) is 0 Å². The van der Waals surface area contributed by atoms with E-state index in [4.69, 9.17) is 0 Å². The molecule has 1 saturated heterocycles. The van der Waals surface area contributed by atoms with E-state index in [0.29, 0.717) is 37.3 Å². The van der Waals surface area contributed by atoms with Crippen LogP contribution < -0.4 is 5.32 Å². The standard InChI is InChI=1S/C15H20N6O3S/c1-10-14(11(2)20-19-10)25(23,24)21-7-3-12(4-8-21)18-15(22)13-9-16-5-6-17-13/h5-6,9,12H,3-4,7-8H2,1-2H3,(H,18,22)(H,19,20). The average molecular weight is 364 g/mol. The van der Waals surface area contributed by atoms with Gasteiger partial charge in [0.25, 0.3) is 5.91 Å². The van der Waals surface area contributed by atoms with E-state index in [2.05, 4.69) is 25.5 Å². The molecule has 1 fully saturated rings. The Morgan fingerprint density at radius 3 is 2.56 bits per heavy atom. The Morgan fingerprint density at radius 1 is 1.28 bits per heavy atom. The molecule has 3 rings (SSSR count). The van der Waals surface area contributed by atoms with Gasteiger partial charge in [0, 0.05) is 31.5 Å². The number of carbonyl (C=O) groups excluding carboxylic acids is 1. The molecule has 2 N–H and O–H groups in total. The average Bonchev–Trinajstić information content (AvgIpc) is 2.95. The molecule has 0 atom stereocenters. The molecule has 0 unspecified atom stereocenters. The summed E-state index contributed by atoms with van der Waals surface area (Å²) in [6.45, 7) is 4.06. The van der Waals surface area contributed by atoms with E-state index >= 15 is 0 Å². The normalized spacial score (nSPS) is 16.7. The fourth-order valence-corrected chi connectivity index (χ4v) is 4.77. The Morgan fingerprint density at radius 2 is 2.00 bits per heavy atom. The number of rotatable bonds is 4. The van der Waals surface area contributed by atoms with Crippen molar-refractivity contribution in [2.24, 2.45) is 0 Å². The Labute approximate surface area is 145 Å². The predicted molar refractivity (Wildman–Crippen MR) is 89.3 cm³/mol. The molecule has 3 heterocycles. The molecule has 2 aromatic rings. The monoisotopic (exact) mass is 364 g/mol. The van der Waals surface area contributed by atoms with Crippen molar-refractivity contribution in [2.75, 3.05) is 13.1 Å². The molecular weight excluding hydrogens is 344 g/mol. The zero-order chi connectivity index (χ0) is 18.0. The first kappa shape index (κ1) is 17.5. The number of sulfonamides is 1. The molecule has 0 saturated carbocycles. The van der Waals surface area contributed by atoms with Crippen molar-refractivity contribution in [1.29, 1.82) is 0 Å². The van der Waals surface area contributed by atoms with Crippen LogP contribution in [0.1, 0.15) is 34.7 Å². The number of aromatic amines is 1. The molecule has 10 heteroatoms. The minimum atomic E-state index is -3.58. The number of nitrogens with zero attached hydrogens (tertiary/aromatic N) is 4. The molecule has 0 bridgehead atoms. The number of H-pyrrole nitrogens is 1. The van der Waals surface area contributed by atoms with Gasteiger partial charge in [-0.25, -0.2) is 13.4 Å². The summed E-state index contributed by atoms with van der Waals surface area (Å²) in [6, 6.07) is -0.0903. The maximum absolute atomic E-state index is 12.8. The van der Waals surface area contributed by atoms with Crippen LogP contribution in [0.2, 0.25) is 0 Å². The molecule has 0 aliphatic carbocycles. The highest BCUT2D eigenvalue weighted by atomic mass is 32.2. The van der Waals surface area contributed by atoms with Crippen molar-refractivity contribution < 1.29 is 13.2 Å². The highest BCUT2D eigenvalue weighted by Crippen LogP contribution is 2.24. The SMILES string of the molecule is Cc1n[nH]c(C)c1S(=O)(=O)N1CCC(NC(=O)c2cnccn2)CC1. The fourth-order valence-electron chi connectivity index (χ4n) is 2.97. The molecule has 134 valence electrons. The molecule has 0 radical (unpaired) electrons. The van der Waals surface area contributed by atoms with Crippen LogP contribution in [-0.2, 0) is 10.0 Å². The van der Waals surface area contributed by atoms with Crippen LogP contribution in [0.4, 0.5) is 0 Å². The summed E-state index contributed by atoms with van der Waals surface area (Å²) in [7, 11) is -3.58. The first-order valence-electron chi connectivity index (χ1n) is 7.98. The van der Waals surface area contributed by atoms with Crippen LogP contribution in [0.3, 0.4) is 0 Å². The minimum Gasteiger partial charge on any atom is -0.348 e. The Kier molecular flexibility index (Phi) is 4.82. The lowest BCUT2D eigenvalue weighted by molar-refractivity contribution is 0.0918. The van der Waals surface area contributed by atoms with E-state index in [1.165, 1.54) is 22.9 Å². The summed E-state index contributed by atoms with van der Waals surface area (Å²) in [5, 5.41) is 9.56. The Hall–Kier alpha value is -2.33. The summed E-state index contributed by atoms with van der Waals surface area (Å²) in [6.07, 6.45) is 5.45. The van der Waals surface area contributed by atoms with Gasteiger partial charge in [-0.15, -0.1) is 0 Å². The molecule has 0 aromatic carbocycles. The highest BCUT2D eigenvalue weighted by molar-refractivity contribution is 7.89. The zero-order valence-electron chi connectivity index (χ0n) is 14.1. The zero-order valence-corrected chi connectivity index (χ0v) is 14.9. The third kappa shape index (κ3) is 3.54. The summed E-state index contributed by atoms with van der Waals surface area (Å²) in [5.74, 6) is -0.295. The van der Waals surface area contributed by atoms with Gasteiger partial charge in [0.1, 0.15) is 10.6 Å². The third-order valence-electron chi connectivity index (χ3n) is 4.24. The van der Waals surface area contributed by atoms with Crippen LogP contribution in [0.5, 0.6) is 0 Å². The number of amides is 1. The van der Waals surface area contributed by atoms with Crippen LogP contribution in [0.15, 0.2) is 23.5 Å². The Bertz CT molecular complexity index is 837. The largest absolute Gasteiger partial charge is 0.348 e. The summed E-state index contributed by atoms with van der Waals surface area (Å²) < 4.78 is 27.0. The van der Waals surface area contributed by atoms with Crippen molar-refractivity contribution in [2.45, 2.75) is 37.6 Å². The predicted octanol–water partition coefficient (Wildman–Crippen LogP) is 0.400. The van der Waals surface area contributed by atoms with Crippen LogP contribution in [0, 0.1) is 13.8 Å². The molecule has 25 heavy (non-hydrogen) atoms. The van der Waals surface area contributed by atoms with E-state index in [0.717, 1.165) is 0 Å². The summed E-state index contributed by atoms with van der Waals surface area (Å²) in [5.41, 5.74) is 1.26. The van der Waals surface area contributed by atoms with Crippen molar-refractivity contribution in [3.05, 3.63) is 35.7 Å². The van der Waals surface area contributed by atoms with Gasteiger partial charge in [0.2, 0.25) is 10.0 Å². The van der Waals surface area contributed by atoms with E-state index < -0.39 is 10.0 Å². The minimum absolute atomic E-state index is 0.0903. The quantitative estimate of drug-likeness (QED) is 0.810. The first-order valence-corrected chi connectivity index (χ1v) is 9.42. The lowest BCUT2D eigenvalue weighted by atomic mass is 10.1. The number of aromatic nitrogens is 4. The molecule has 1 aliphatic rings. The van der Waals surface area contributed by atoms with Crippen molar-refractivity contribution >= 4 is 15.9 Å². The molecule has 0 spiro atoms. The molecule has 1 amide bonds. The molecule has 2 aromatic heterocycles. The number of aryl methyl sites for hydroxylation is 2. The highest BCUT2D eigenvalue weighted by Gasteiger charge is 2.33. The van der Waals surface area contributed by atoms with E-state index in [9.17, 15) is 13.2 Å². The van der Waals surface area contributed by atoms with Crippen LogP contribution >= 0.6 is 0 Å². The van der Waals surface area contributed by atoms with Gasteiger partial charge in [0.05, 0.1) is 17.6 Å². The molecular formula is C15H20N6O3S. The smallest absolute Gasteiger partial charge is 0.271 e. The van der Waals surface area contributed by atoms with Gasteiger partial charge in [-0.2, -0.15) is 9.40 Å². The third-order valence-corrected chi connectivity index (χ3v) is 6.41. The fraction of sp³-hybridized carbons (Fsp3) is 0.467. The number of hydrogen-bond donors (Lipinski definition) is 2. The molecule has 9 nitrogen and oxygen atoms in total. The van der Waals surface area contributed by atoms with E-state index in [-0.39, 0.29) is 22.5 Å². The van der Waals surface area contributed by atoms with E-state index in [1.54, 1.807) is 13.8 Å². The lowest BCUT2D eigenvalue weighted by Gasteiger charge is -2.31. The summed E-state index contributed by atoms with van der Waals surface area (Å²) in [4.78, 5) is 20.2. The lowest BCUT2D eigenvalue weighted by Crippen LogP contribution is -2.46. The van der Waals surface area contributed by atoms with Crippen LogP contribution in [0.25, 0.3) is 0 Å². The van der Waals surface area contributed by atoms with Crippen molar-refractivity contribution in [1.82, 2.24) is 29.8 Å². The van der Waals surface area contributed by atoms with E-state index in [1.807, 2.05) is 0 Å². The van der Waals surface area contributed by atoms with Gasteiger partial charge < -0.3 is 5.32 Å². The number of piperidine rings is 1.